The zero-order chi connectivity index (χ0) is 25.4. The number of imide groups is 1. The van der Waals surface area contributed by atoms with E-state index in [1.54, 1.807) is 30.5 Å². The molecule has 1 N–H and O–H groups in total. The van der Waals surface area contributed by atoms with Crippen molar-refractivity contribution in [1.29, 1.82) is 0 Å². The number of nitrogens with one attached hydrogen (secondary N) is 1. The minimum Gasteiger partial charge on any atom is -0.491 e. The third-order valence-electron chi connectivity index (χ3n) is 6.34. The Labute approximate surface area is 209 Å². The Morgan fingerprint density at radius 3 is 2.44 bits per heavy atom. The van der Waals surface area contributed by atoms with E-state index in [1.165, 1.54) is 11.8 Å². The summed E-state index contributed by atoms with van der Waals surface area (Å²) in [5.41, 5.74) is 3.49. The van der Waals surface area contributed by atoms with E-state index in [1.807, 2.05) is 24.3 Å². The monoisotopic (exact) mass is 485 g/mol. The highest BCUT2D eigenvalue weighted by molar-refractivity contribution is 6.21. The zero-order valence-electron chi connectivity index (χ0n) is 20.4. The molecule has 3 heterocycles. The lowest BCUT2D eigenvalue weighted by atomic mass is 9.98. The molecule has 3 aromatic rings. The second-order valence-corrected chi connectivity index (χ2v) is 9.43. The first-order valence-electron chi connectivity index (χ1n) is 12.0. The van der Waals surface area contributed by atoms with Crippen LogP contribution in [0.15, 0.2) is 54.7 Å². The van der Waals surface area contributed by atoms with Crippen molar-refractivity contribution in [2.75, 3.05) is 11.9 Å². The zero-order valence-corrected chi connectivity index (χ0v) is 20.4. The first kappa shape index (κ1) is 23.5. The van der Waals surface area contributed by atoms with E-state index in [2.05, 4.69) is 24.1 Å². The van der Waals surface area contributed by atoms with Crippen LogP contribution in [0.4, 0.5) is 5.82 Å². The number of benzene rings is 2. The second kappa shape index (κ2) is 9.45. The molecule has 1 unspecified atom stereocenters. The molecule has 0 fully saturated rings. The molecular weight excluding hydrogens is 458 g/mol. The number of carbonyl (C=O) groups is 3. The van der Waals surface area contributed by atoms with Gasteiger partial charge in [0.05, 0.1) is 17.2 Å². The predicted octanol–water partition coefficient (Wildman–Crippen LogP) is 4.69. The highest BCUT2D eigenvalue weighted by atomic mass is 16.5. The number of fused-ring (bicyclic) bond motifs is 4. The van der Waals surface area contributed by atoms with Gasteiger partial charge in [0.25, 0.3) is 11.8 Å². The molecule has 0 bridgehead atoms. The van der Waals surface area contributed by atoms with Crippen LogP contribution >= 0.6 is 0 Å². The van der Waals surface area contributed by atoms with E-state index in [4.69, 9.17) is 9.47 Å². The molecule has 1 aromatic heterocycles. The van der Waals surface area contributed by atoms with Crippen molar-refractivity contribution in [1.82, 2.24) is 9.88 Å². The Balaban J connectivity index is 1.36. The van der Waals surface area contributed by atoms with E-state index >= 15 is 0 Å². The van der Waals surface area contributed by atoms with Gasteiger partial charge in [-0.3, -0.25) is 19.3 Å². The average molecular weight is 486 g/mol. The maximum atomic E-state index is 13.0. The fraction of sp³-hybridized carbons (Fsp3) is 0.286. The van der Waals surface area contributed by atoms with Crippen LogP contribution in [0.5, 0.6) is 11.5 Å². The molecule has 5 rings (SSSR count). The molecule has 3 amide bonds. The van der Waals surface area contributed by atoms with E-state index in [0.29, 0.717) is 34.9 Å². The van der Waals surface area contributed by atoms with Crippen LogP contribution in [0.2, 0.25) is 0 Å². The molecule has 2 aliphatic rings. The first-order valence-corrected chi connectivity index (χ1v) is 12.0. The van der Waals surface area contributed by atoms with Gasteiger partial charge in [0.15, 0.2) is 0 Å². The first-order chi connectivity index (χ1) is 17.3. The van der Waals surface area contributed by atoms with Gasteiger partial charge >= 0.3 is 0 Å². The summed E-state index contributed by atoms with van der Waals surface area (Å²) in [5.74, 6) is 1.23. The molecule has 8 heteroatoms. The number of ether oxygens (including phenoxy) is 2. The lowest BCUT2D eigenvalue weighted by Crippen LogP contribution is -2.44. The van der Waals surface area contributed by atoms with Gasteiger partial charge < -0.3 is 14.8 Å². The van der Waals surface area contributed by atoms with Crippen LogP contribution < -0.4 is 14.8 Å². The number of amides is 3. The topological polar surface area (TPSA) is 97.8 Å². The molecule has 2 aliphatic heterocycles. The molecule has 0 spiro atoms. The molecule has 184 valence electrons. The molecule has 0 saturated heterocycles. The summed E-state index contributed by atoms with van der Waals surface area (Å²) in [4.78, 5) is 43.2. The van der Waals surface area contributed by atoms with Gasteiger partial charge in [-0.25, -0.2) is 4.98 Å². The summed E-state index contributed by atoms with van der Waals surface area (Å²) in [5, 5.41) is 2.75. The van der Waals surface area contributed by atoms with Crippen molar-refractivity contribution in [3.63, 3.8) is 0 Å². The summed E-state index contributed by atoms with van der Waals surface area (Å²) in [6.45, 7) is 5.99. The molecular formula is C28H27N3O5. The summed E-state index contributed by atoms with van der Waals surface area (Å²) in [6.07, 6.45) is 2.28. The molecule has 36 heavy (non-hydrogen) atoms. The highest BCUT2D eigenvalue weighted by Gasteiger charge is 2.40. The van der Waals surface area contributed by atoms with Crippen LogP contribution in [-0.4, -0.2) is 40.3 Å². The molecule has 8 nitrogen and oxygen atoms in total. The van der Waals surface area contributed by atoms with Crippen molar-refractivity contribution in [2.45, 2.75) is 39.8 Å². The SMILES string of the molecule is CC(=O)Nc1nccc2c1COc1cc(OCC(CC(C)C)N3C(=O)c4ccccc4C3=O)ccc1-2. The average Bonchev–Trinajstić information content (AvgIpc) is 3.11. The largest absolute Gasteiger partial charge is 0.491 e. The van der Waals surface area contributed by atoms with Gasteiger partial charge in [-0.05, 0) is 48.2 Å². The van der Waals surface area contributed by atoms with Crippen molar-refractivity contribution in [3.8, 4) is 22.6 Å². The lowest BCUT2D eigenvalue weighted by Gasteiger charge is -2.28. The summed E-state index contributed by atoms with van der Waals surface area (Å²) in [7, 11) is 0. The number of aromatic nitrogens is 1. The van der Waals surface area contributed by atoms with Crippen LogP contribution in [0.3, 0.4) is 0 Å². The Kier molecular flexibility index (Phi) is 6.18. The normalized spacial score (nSPS) is 14.6. The minimum atomic E-state index is -0.402. The number of nitrogens with zero attached hydrogens (tertiary/aromatic N) is 2. The van der Waals surface area contributed by atoms with E-state index < -0.39 is 6.04 Å². The Morgan fingerprint density at radius 2 is 1.78 bits per heavy atom. The molecule has 1 atom stereocenters. The Morgan fingerprint density at radius 1 is 1.06 bits per heavy atom. The second-order valence-electron chi connectivity index (χ2n) is 9.43. The molecule has 0 saturated carbocycles. The third-order valence-corrected chi connectivity index (χ3v) is 6.34. The quantitative estimate of drug-likeness (QED) is 0.488. The summed E-state index contributed by atoms with van der Waals surface area (Å²) < 4.78 is 12.1. The standard InChI is InChI=1S/C28H27N3O5/c1-16(2)12-18(31-27(33)22-6-4-5-7-23(22)28(31)34)14-35-19-8-9-21-20-10-11-29-26(30-17(3)32)24(20)15-36-25(21)13-19/h4-11,13,16,18H,12,14-15H2,1-3H3,(H,29,30,32). The maximum absolute atomic E-state index is 13.0. The lowest BCUT2D eigenvalue weighted by molar-refractivity contribution is -0.114. The maximum Gasteiger partial charge on any atom is 0.261 e. The smallest absolute Gasteiger partial charge is 0.261 e. The van der Waals surface area contributed by atoms with Gasteiger partial charge in [0.1, 0.15) is 30.5 Å². The number of hydrogen-bond acceptors (Lipinski definition) is 6. The number of rotatable bonds is 7. The van der Waals surface area contributed by atoms with Crippen molar-refractivity contribution < 1.29 is 23.9 Å². The van der Waals surface area contributed by atoms with Crippen LogP contribution in [0, 0.1) is 5.92 Å². The Bertz CT molecular complexity index is 1330. The van der Waals surface area contributed by atoms with E-state index in [-0.39, 0.29) is 36.9 Å². The number of anilines is 1. The summed E-state index contributed by atoms with van der Waals surface area (Å²) >= 11 is 0. The van der Waals surface area contributed by atoms with Crippen LogP contribution in [0.1, 0.15) is 53.5 Å². The number of hydrogen-bond donors (Lipinski definition) is 1. The minimum absolute atomic E-state index is 0.176. The van der Waals surface area contributed by atoms with Crippen molar-refractivity contribution in [3.05, 3.63) is 71.4 Å². The van der Waals surface area contributed by atoms with Crippen molar-refractivity contribution >= 4 is 23.5 Å². The fourth-order valence-corrected chi connectivity index (χ4v) is 4.77. The third kappa shape index (κ3) is 4.30. The van der Waals surface area contributed by atoms with Gasteiger partial charge in [0, 0.05) is 30.3 Å². The molecule has 2 aromatic carbocycles. The van der Waals surface area contributed by atoms with Crippen LogP contribution in [-0.2, 0) is 11.4 Å². The molecule has 0 radical (unpaired) electrons. The number of pyridine rings is 1. The van der Waals surface area contributed by atoms with Crippen LogP contribution in [0.25, 0.3) is 11.1 Å². The van der Waals surface area contributed by atoms with Gasteiger partial charge in [-0.2, -0.15) is 0 Å². The van der Waals surface area contributed by atoms with Gasteiger partial charge in [-0.1, -0.05) is 26.0 Å². The van der Waals surface area contributed by atoms with Gasteiger partial charge in [0.2, 0.25) is 5.91 Å². The van der Waals surface area contributed by atoms with E-state index in [0.717, 1.165) is 16.7 Å². The molecule has 0 aliphatic carbocycles. The van der Waals surface area contributed by atoms with Gasteiger partial charge in [-0.15, -0.1) is 0 Å². The summed E-state index contributed by atoms with van der Waals surface area (Å²) in [6, 6.07) is 14.0. The predicted molar refractivity (Wildman–Crippen MR) is 134 cm³/mol. The Hall–Kier alpha value is -4.20. The highest BCUT2D eigenvalue weighted by Crippen LogP contribution is 2.41. The van der Waals surface area contributed by atoms with Crippen molar-refractivity contribution in [2.24, 2.45) is 5.92 Å². The van der Waals surface area contributed by atoms with E-state index in [9.17, 15) is 14.4 Å². The fourth-order valence-electron chi connectivity index (χ4n) is 4.77. The number of carbonyl (C=O) groups excluding carboxylic acids is 3.